The fourth-order valence-electron chi connectivity index (χ4n) is 2.45. The Kier molecular flexibility index (Phi) is 5.97. The lowest BCUT2D eigenvalue weighted by molar-refractivity contribution is -0.186. The van der Waals surface area contributed by atoms with Crippen LogP contribution in [-0.4, -0.2) is 40.9 Å². The summed E-state index contributed by atoms with van der Waals surface area (Å²) in [6.07, 6.45) is -4.86. The molecule has 0 bridgehead atoms. The second kappa shape index (κ2) is 7.99. The smallest absolute Gasteiger partial charge is 0.471 e. The first-order valence-corrected chi connectivity index (χ1v) is 7.70. The molecule has 2 N–H and O–H groups in total. The van der Waals surface area contributed by atoms with Crippen molar-refractivity contribution in [2.24, 2.45) is 0 Å². The fraction of sp³-hybridized carbons (Fsp3) is 0.278. The van der Waals surface area contributed by atoms with Crippen LogP contribution in [0.15, 0.2) is 42.5 Å². The van der Waals surface area contributed by atoms with Crippen LogP contribution in [0.5, 0.6) is 17.2 Å². The minimum atomic E-state index is -5.00. The molecule has 0 unspecified atom stereocenters. The van der Waals surface area contributed by atoms with Crippen molar-refractivity contribution in [1.29, 1.82) is 0 Å². The Labute approximate surface area is 148 Å². The van der Waals surface area contributed by atoms with Gasteiger partial charge in [0.05, 0.1) is 7.11 Å². The van der Waals surface area contributed by atoms with Crippen LogP contribution >= 0.6 is 0 Å². The largest absolute Gasteiger partial charge is 0.508 e. The highest BCUT2D eigenvalue weighted by Crippen LogP contribution is 2.27. The maximum atomic E-state index is 12.9. The van der Waals surface area contributed by atoms with E-state index in [0.29, 0.717) is 16.0 Å². The van der Waals surface area contributed by atoms with Gasteiger partial charge in [-0.25, -0.2) is 0 Å². The van der Waals surface area contributed by atoms with Gasteiger partial charge < -0.3 is 19.8 Å². The summed E-state index contributed by atoms with van der Waals surface area (Å²) in [7, 11) is 1.36. The summed E-state index contributed by atoms with van der Waals surface area (Å²) < 4.78 is 43.6. The van der Waals surface area contributed by atoms with E-state index in [0.717, 1.165) is 0 Å². The Balaban J connectivity index is 2.17. The third-order valence-corrected chi connectivity index (χ3v) is 3.73. The highest BCUT2D eigenvalue weighted by molar-refractivity contribution is 5.81. The first-order chi connectivity index (χ1) is 12.2. The quantitative estimate of drug-likeness (QED) is 0.820. The highest BCUT2D eigenvalue weighted by Gasteiger charge is 2.42. The maximum Gasteiger partial charge on any atom is 0.471 e. The van der Waals surface area contributed by atoms with E-state index in [2.05, 4.69) is 0 Å². The number of phenolic OH excluding ortho intramolecular Hbond substituents is 2. The van der Waals surface area contributed by atoms with Gasteiger partial charge in [-0.15, -0.1) is 0 Å². The summed E-state index contributed by atoms with van der Waals surface area (Å²) in [6, 6.07) is 10.1. The van der Waals surface area contributed by atoms with Crippen LogP contribution < -0.4 is 4.74 Å². The average Bonchev–Trinajstić information content (AvgIpc) is 2.58. The Hall–Kier alpha value is -2.90. The predicted molar refractivity (Wildman–Crippen MR) is 87.9 cm³/mol. The summed E-state index contributed by atoms with van der Waals surface area (Å²) >= 11 is 0. The van der Waals surface area contributed by atoms with Crippen molar-refractivity contribution in [2.75, 3.05) is 13.7 Å². The molecule has 0 fully saturated rings. The molecule has 0 aromatic heterocycles. The van der Waals surface area contributed by atoms with E-state index in [4.69, 9.17) is 4.74 Å². The third-order valence-electron chi connectivity index (χ3n) is 3.73. The molecule has 2 aromatic carbocycles. The molecule has 0 atom stereocenters. The fourth-order valence-corrected chi connectivity index (χ4v) is 2.45. The number of nitrogens with zero attached hydrogens (tertiary/aromatic N) is 1. The lowest BCUT2D eigenvalue weighted by Gasteiger charge is -2.24. The van der Waals surface area contributed by atoms with Crippen molar-refractivity contribution >= 4 is 5.91 Å². The SMILES string of the molecule is COc1cc(CCN(Cc2cccc(O)c2)C(=O)C(F)(F)F)ccc1O. The molecule has 140 valence electrons. The zero-order valence-corrected chi connectivity index (χ0v) is 14.0. The molecule has 0 aliphatic heterocycles. The lowest BCUT2D eigenvalue weighted by Crippen LogP contribution is -2.41. The Morgan fingerprint density at radius 2 is 1.85 bits per heavy atom. The summed E-state index contributed by atoms with van der Waals surface area (Å²) in [6.45, 7) is -0.482. The van der Waals surface area contributed by atoms with Gasteiger partial charge in [0.15, 0.2) is 11.5 Å². The number of hydrogen-bond donors (Lipinski definition) is 2. The van der Waals surface area contributed by atoms with Gasteiger partial charge >= 0.3 is 12.1 Å². The molecule has 5 nitrogen and oxygen atoms in total. The lowest BCUT2D eigenvalue weighted by atomic mass is 10.1. The van der Waals surface area contributed by atoms with Crippen LogP contribution in [0, 0.1) is 0 Å². The Morgan fingerprint density at radius 1 is 1.12 bits per heavy atom. The monoisotopic (exact) mass is 369 g/mol. The first kappa shape index (κ1) is 19.4. The molecule has 26 heavy (non-hydrogen) atoms. The van der Waals surface area contributed by atoms with Gasteiger partial charge in [0.25, 0.3) is 0 Å². The molecule has 0 aliphatic rings. The third kappa shape index (κ3) is 5.05. The molecular formula is C18H18F3NO4. The van der Waals surface area contributed by atoms with Crippen molar-refractivity contribution in [3.05, 3.63) is 53.6 Å². The van der Waals surface area contributed by atoms with Gasteiger partial charge in [-0.1, -0.05) is 18.2 Å². The van der Waals surface area contributed by atoms with E-state index in [9.17, 15) is 28.2 Å². The number of rotatable bonds is 6. The van der Waals surface area contributed by atoms with Crippen molar-refractivity contribution in [1.82, 2.24) is 4.90 Å². The van der Waals surface area contributed by atoms with E-state index >= 15 is 0 Å². The molecular weight excluding hydrogens is 351 g/mol. The molecule has 0 spiro atoms. The molecule has 1 amide bonds. The van der Waals surface area contributed by atoms with Crippen molar-refractivity contribution in [3.8, 4) is 17.2 Å². The van der Waals surface area contributed by atoms with E-state index in [1.165, 1.54) is 43.5 Å². The van der Waals surface area contributed by atoms with Gasteiger partial charge in [-0.2, -0.15) is 13.2 Å². The van der Waals surface area contributed by atoms with Crippen LogP contribution in [0.25, 0.3) is 0 Å². The standard InChI is InChI=1S/C18H18F3NO4/c1-26-16-10-12(5-6-15(16)24)7-8-22(17(25)18(19,20)21)11-13-3-2-4-14(23)9-13/h2-6,9-10,23-24H,7-8,11H2,1H3. The van der Waals surface area contributed by atoms with E-state index in [-0.39, 0.29) is 36.8 Å². The van der Waals surface area contributed by atoms with E-state index in [1.807, 2.05) is 0 Å². The normalized spacial score (nSPS) is 11.2. The van der Waals surface area contributed by atoms with Crippen molar-refractivity contribution in [3.63, 3.8) is 0 Å². The highest BCUT2D eigenvalue weighted by atomic mass is 19.4. The number of carbonyl (C=O) groups is 1. The van der Waals surface area contributed by atoms with Gasteiger partial charge in [-0.05, 0) is 41.8 Å². The Morgan fingerprint density at radius 3 is 2.46 bits per heavy atom. The molecule has 2 rings (SSSR count). The molecule has 0 aliphatic carbocycles. The zero-order valence-electron chi connectivity index (χ0n) is 14.0. The molecule has 0 radical (unpaired) electrons. The maximum absolute atomic E-state index is 12.9. The van der Waals surface area contributed by atoms with Gasteiger partial charge in [0.2, 0.25) is 0 Å². The van der Waals surface area contributed by atoms with Crippen molar-refractivity contribution < 1.29 is 32.9 Å². The van der Waals surface area contributed by atoms with Gasteiger partial charge in [0.1, 0.15) is 5.75 Å². The molecule has 8 heteroatoms. The summed E-state index contributed by atoms with van der Waals surface area (Å²) in [5, 5.41) is 19.0. The van der Waals surface area contributed by atoms with E-state index < -0.39 is 12.1 Å². The number of phenols is 2. The minimum Gasteiger partial charge on any atom is -0.508 e. The second-order valence-corrected chi connectivity index (χ2v) is 5.65. The van der Waals surface area contributed by atoms with Crippen molar-refractivity contribution in [2.45, 2.75) is 19.1 Å². The van der Waals surface area contributed by atoms with Gasteiger partial charge in [-0.3, -0.25) is 4.79 Å². The number of hydrogen-bond acceptors (Lipinski definition) is 4. The van der Waals surface area contributed by atoms with Crippen LogP contribution in [-0.2, 0) is 17.8 Å². The number of methoxy groups -OCH3 is 1. The minimum absolute atomic E-state index is 0.0840. The molecule has 0 saturated carbocycles. The number of benzene rings is 2. The number of ether oxygens (including phenoxy) is 1. The van der Waals surface area contributed by atoms with E-state index in [1.54, 1.807) is 6.07 Å². The van der Waals surface area contributed by atoms with Crippen LogP contribution in [0.2, 0.25) is 0 Å². The zero-order chi connectivity index (χ0) is 19.3. The number of alkyl halides is 3. The van der Waals surface area contributed by atoms with Crippen LogP contribution in [0.4, 0.5) is 13.2 Å². The first-order valence-electron chi connectivity index (χ1n) is 7.70. The van der Waals surface area contributed by atoms with Crippen LogP contribution in [0.3, 0.4) is 0 Å². The summed E-state index contributed by atoms with van der Waals surface area (Å²) in [5.41, 5.74) is 0.987. The summed E-state index contributed by atoms with van der Waals surface area (Å²) in [5.74, 6) is -1.93. The average molecular weight is 369 g/mol. The molecule has 0 heterocycles. The Bertz CT molecular complexity index is 777. The number of amides is 1. The molecule has 0 saturated heterocycles. The number of carbonyl (C=O) groups excluding carboxylic acids is 1. The predicted octanol–water partition coefficient (Wildman–Crippen LogP) is 3.24. The van der Waals surface area contributed by atoms with Gasteiger partial charge in [0, 0.05) is 13.1 Å². The second-order valence-electron chi connectivity index (χ2n) is 5.65. The van der Waals surface area contributed by atoms with Crippen LogP contribution in [0.1, 0.15) is 11.1 Å². The summed E-state index contributed by atoms with van der Waals surface area (Å²) in [4.78, 5) is 12.4. The number of halogens is 3. The number of aromatic hydroxyl groups is 2. The molecule has 2 aromatic rings. The topological polar surface area (TPSA) is 70.0 Å².